The number of rotatable bonds is 6. The molecule has 1 aliphatic rings. The third-order valence-electron chi connectivity index (χ3n) is 4.69. The molecule has 1 aliphatic heterocycles. The molecule has 0 N–H and O–H groups in total. The number of hydrogen-bond acceptors (Lipinski definition) is 4. The van der Waals surface area contributed by atoms with E-state index in [9.17, 15) is 0 Å². The molecule has 0 spiro atoms. The van der Waals surface area contributed by atoms with Gasteiger partial charge in [0, 0.05) is 20.2 Å². The van der Waals surface area contributed by atoms with Gasteiger partial charge in [0.2, 0.25) is 0 Å². The average molecular weight is 325 g/mol. The second kappa shape index (κ2) is 6.79. The predicted molar refractivity (Wildman–Crippen MR) is 92.5 cm³/mol. The van der Waals surface area contributed by atoms with Crippen LogP contribution >= 0.6 is 0 Å². The van der Waals surface area contributed by atoms with Gasteiger partial charge < -0.3 is 13.7 Å². The Hall–Kier alpha value is -2.11. The van der Waals surface area contributed by atoms with Crippen LogP contribution in [0.3, 0.4) is 0 Å². The van der Waals surface area contributed by atoms with Crippen molar-refractivity contribution in [3.8, 4) is 0 Å². The molecule has 0 bridgehead atoms. The van der Waals surface area contributed by atoms with Gasteiger partial charge in [-0.15, -0.1) is 0 Å². The highest BCUT2D eigenvalue weighted by atomic mass is 16.5. The van der Waals surface area contributed by atoms with E-state index in [-0.39, 0.29) is 0 Å². The van der Waals surface area contributed by atoms with Crippen molar-refractivity contribution in [1.82, 2.24) is 14.5 Å². The Morgan fingerprint density at radius 1 is 1.21 bits per heavy atom. The molecular formula is C19H23N3O2. The molecule has 5 heteroatoms. The van der Waals surface area contributed by atoms with Gasteiger partial charge in [0.1, 0.15) is 11.6 Å². The molecule has 24 heavy (non-hydrogen) atoms. The van der Waals surface area contributed by atoms with Gasteiger partial charge >= 0.3 is 0 Å². The van der Waals surface area contributed by atoms with Crippen LogP contribution in [0.5, 0.6) is 0 Å². The quantitative estimate of drug-likeness (QED) is 0.697. The normalized spacial score (nSPS) is 18.0. The van der Waals surface area contributed by atoms with Crippen LogP contribution < -0.4 is 0 Å². The van der Waals surface area contributed by atoms with Crippen molar-refractivity contribution in [3.63, 3.8) is 0 Å². The first-order valence-corrected chi connectivity index (χ1v) is 8.56. The van der Waals surface area contributed by atoms with Crippen molar-refractivity contribution in [2.75, 3.05) is 13.2 Å². The molecule has 0 saturated carbocycles. The zero-order chi connectivity index (χ0) is 16.4. The first-order valence-electron chi connectivity index (χ1n) is 8.56. The van der Waals surface area contributed by atoms with Crippen LogP contribution in [0.15, 0.2) is 47.1 Å². The van der Waals surface area contributed by atoms with Gasteiger partial charge in [-0.05, 0) is 37.1 Å². The molecule has 4 rings (SSSR count). The number of para-hydroxylation sites is 2. The number of hydrogen-bond donors (Lipinski definition) is 0. The van der Waals surface area contributed by atoms with E-state index < -0.39 is 0 Å². The van der Waals surface area contributed by atoms with Crippen LogP contribution in [0.2, 0.25) is 0 Å². The molecular weight excluding hydrogens is 302 g/mol. The Balaban J connectivity index is 1.55. The van der Waals surface area contributed by atoms with E-state index in [1.54, 1.807) is 6.26 Å². The first kappa shape index (κ1) is 15.4. The van der Waals surface area contributed by atoms with E-state index >= 15 is 0 Å². The Labute approximate surface area is 141 Å². The Bertz CT molecular complexity index is 788. The number of nitrogens with zero attached hydrogens (tertiary/aromatic N) is 3. The second-order valence-corrected chi connectivity index (χ2v) is 6.46. The third kappa shape index (κ3) is 3.23. The van der Waals surface area contributed by atoms with E-state index in [0.29, 0.717) is 6.10 Å². The summed E-state index contributed by atoms with van der Waals surface area (Å²) in [6, 6.07) is 12.2. The largest absolute Gasteiger partial charge is 0.468 e. The number of imidazole rings is 1. The van der Waals surface area contributed by atoms with Gasteiger partial charge in [0.15, 0.2) is 0 Å². The van der Waals surface area contributed by atoms with Gasteiger partial charge in [-0.25, -0.2) is 4.98 Å². The zero-order valence-electron chi connectivity index (χ0n) is 14.0. The lowest BCUT2D eigenvalue weighted by atomic mass is 10.2. The summed E-state index contributed by atoms with van der Waals surface area (Å²) in [5.74, 6) is 2.05. The van der Waals surface area contributed by atoms with Gasteiger partial charge in [-0.1, -0.05) is 12.1 Å². The van der Waals surface area contributed by atoms with Gasteiger partial charge in [-0.2, -0.15) is 0 Å². The van der Waals surface area contributed by atoms with Crippen molar-refractivity contribution in [1.29, 1.82) is 0 Å². The maximum atomic E-state index is 5.83. The number of furan rings is 1. The summed E-state index contributed by atoms with van der Waals surface area (Å²) in [7, 11) is 2.09. The smallest absolute Gasteiger partial charge is 0.123 e. The average Bonchev–Trinajstić information content (AvgIpc) is 3.32. The molecule has 3 heterocycles. The monoisotopic (exact) mass is 325 g/mol. The maximum Gasteiger partial charge on any atom is 0.123 e. The Kier molecular flexibility index (Phi) is 4.36. The number of ether oxygens (including phenoxy) is 1. The molecule has 3 aromatic rings. The van der Waals surface area contributed by atoms with Crippen molar-refractivity contribution in [3.05, 3.63) is 54.2 Å². The third-order valence-corrected chi connectivity index (χ3v) is 4.69. The molecule has 5 nitrogen and oxygen atoms in total. The van der Waals surface area contributed by atoms with Crippen molar-refractivity contribution in [2.45, 2.75) is 32.0 Å². The second-order valence-electron chi connectivity index (χ2n) is 6.46. The molecule has 0 amide bonds. The fraction of sp³-hybridized carbons (Fsp3) is 0.421. The highest BCUT2D eigenvalue weighted by molar-refractivity contribution is 5.75. The summed E-state index contributed by atoms with van der Waals surface area (Å²) in [6.45, 7) is 3.34. The number of aromatic nitrogens is 2. The minimum Gasteiger partial charge on any atom is -0.468 e. The topological polar surface area (TPSA) is 43.4 Å². The summed E-state index contributed by atoms with van der Waals surface area (Å²) in [6.07, 6.45) is 4.34. The summed E-state index contributed by atoms with van der Waals surface area (Å²) >= 11 is 0. The van der Waals surface area contributed by atoms with E-state index in [0.717, 1.165) is 56.2 Å². The molecule has 126 valence electrons. The van der Waals surface area contributed by atoms with Crippen molar-refractivity contribution >= 4 is 11.0 Å². The lowest BCUT2D eigenvalue weighted by Crippen LogP contribution is -2.32. The minimum absolute atomic E-state index is 0.314. The molecule has 1 atom stereocenters. The molecule has 0 radical (unpaired) electrons. The van der Waals surface area contributed by atoms with Crippen LogP contribution in [-0.2, 0) is 24.9 Å². The van der Waals surface area contributed by atoms with Crippen LogP contribution in [0.4, 0.5) is 0 Å². The molecule has 1 unspecified atom stereocenters. The molecule has 1 fully saturated rings. The fourth-order valence-corrected chi connectivity index (χ4v) is 3.42. The van der Waals surface area contributed by atoms with Crippen molar-refractivity contribution < 1.29 is 9.15 Å². The highest BCUT2D eigenvalue weighted by Gasteiger charge is 2.21. The van der Waals surface area contributed by atoms with E-state index in [2.05, 4.69) is 34.7 Å². The van der Waals surface area contributed by atoms with Crippen LogP contribution in [0, 0.1) is 0 Å². The summed E-state index contributed by atoms with van der Waals surface area (Å²) in [4.78, 5) is 7.18. The lowest BCUT2D eigenvalue weighted by Gasteiger charge is -2.24. The van der Waals surface area contributed by atoms with E-state index in [4.69, 9.17) is 14.1 Å². The molecule has 1 saturated heterocycles. The van der Waals surface area contributed by atoms with E-state index in [1.807, 2.05) is 18.2 Å². The first-order chi connectivity index (χ1) is 11.8. The highest BCUT2D eigenvalue weighted by Crippen LogP contribution is 2.19. The molecule has 2 aromatic heterocycles. The van der Waals surface area contributed by atoms with Crippen molar-refractivity contribution in [2.24, 2.45) is 7.05 Å². The van der Waals surface area contributed by atoms with Crippen LogP contribution in [-0.4, -0.2) is 33.7 Å². The number of benzene rings is 1. The Morgan fingerprint density at radius 3 is 2.88 bits per heavy atom. The van der Waals surface area contributed by atoms with Gasteiger partial charge in [0.25, 0.3) is 0 Å². The van der Waals surface area contributed by atoms with Gasteiger partial charge in [0.05, 0.1) is 36.5 Å². The summed E-state index contributed by atoms with van der Waals surface area (Å²) in [5.41, 5.74) is 2.22. The lowest BCUT2D eigenvalue weighted by molar-refractivity contribution is 0.0643. The Morgan fingerprint density at radius 2 is 2.12 bits per heavy atom. The molecule has 0 aliphatic carbocycles. The van der Waals surface area contributed by atoms with E-state index in [1.165, 1.54) is 5.52 Å². The predicted octanol–water partition coefficient (Wildman–Crippen LogP) is 3.35. The minimum atomic E-state index is 0.314. The maximum absolute atomic E-state index is 5.83. The fourth-order valence-electron chi connectivity index (χ4n) is 3.42. The zero-order valence-corrected chi connectivity index (χ0v) is 14.0. The van der Waals surface area contributed by atoms with Crippen LogP contribution in [0.25, 0.3) is 11.0 Å². The molecule has 1 aromatic carbocycles. The SMILES string of the molecule is Cn1c(CN(Cc2ccco2)CC2CCCO2)nc2ccccc21. The van der Waals surface area contributed by atoms with Gasteiger partial charge in [-0.3, -0.25) is 4.90 Å². The number of aryl methyl sites for hydroxylation is 1. The summed E-state index contributed by atoms with van der Waals surface area (Å²) in [5, 5.41) is 0. The van der Waals surface area contributed by atoms with Crippen LogP contribution in [0.1, 0.15) is 24.4 Å². The standard InChI is InChI=1S/C19H23N3O2/c1-21-18-9-3-2-8-17(18)20-19(21)14-22(12-15-6-4-10-23-15)13-16-7-5-11-24-16/h2-4,6,8-10,16H,5,7,11-14H2,1H3. The summed E-state index contributed by atoms with van der Waals surface area (Å²) < 4.78 is 13.6. The number of fused-ring (bicyclic) bond motifs is 1.